The summed E-state index contributed by atoms with van der Waals surface area (Å²) in [6.07, 6.45) is -0.0803. The van der Waals surface area contributed by atoms with Gasteiger partial charge in [0.05, 0.1) is 24.3 Å². The van der Waals surface area contributed by atoms with Crippen molar-refractivity contribution in [1.82, 2.24) is 15.2 Å². The largest absolute Gasteiger partial charge is 0.391 e. The van der Waals surface area contributed by atoms with E-state index in [2.05, 4.69) is 10.6 Å². The number of methoxy groups -OCH3 is 1. The summed E-state index contributed by atoms with van der Waals surface area (Å²) in [5, 5.41) is 16.5. The summed E-state index contributed by atoms with van der Waals surface area (Å²) in [4.78, 5) is 37.0. The Morgan fingerprint density at radius 1 is 1.28 bits per heavy atom. The SMILES string of the molecule is COCCNC(=O)[C@@H]1C[C@@H](O)[C@H](NC(=O)Cn2c(C)cc(=O)c3ccccc32)C1. The van der Waals surface area contributed by atoms with Crippen LogP contribution in [0.3, 0.4) is 0 Å². The van der Waals surface area contributed by atoms with Crippen LogP contribution in [-0.4, -0.2) is 53.9 Å². The second-order valence-electron chi connectivity index (χ2n) is 7.45. The highest BCUT2D eigenvalue weighted by Crippen LogP contribution is 2.26. The zero-order chi connectivity index (χ0) is 21.0. The van der Waals surface area contributed by atoms with Crippen LogP contribution in [0.1, 0.15) is 18.5 Å². The molecule has 1 fully saturated rings. The first-order chi connectivity index (χ1) is 13.9. The van der Waals surface area contributed by atoms with Crippen LogP contribution >= 0.6 is 0 Å². The topological polar surface area (TPSA) is 110 Å². The van der Waals surface area contributed by atoms with Crippen LogP contribution in [-0.2, 0) is 20.9 Å². The Balaban J connectivity index is 1.65. The third kappa shape index (κ3) is 4.83. The molecule has 3 rings (SSSR count). The molecule has 2 amide bonds. The number of pyridine rings is 1. The Labute approximate surface area is 168 Å². The minimum Gasteiger partial charge on any atom is -0.391 e. The maximum Gasteiger partial charge on any atom is 0.240 e. The summed E-state index contributed by atoms with van der Waals surface area (Å²) in [6.45, 7) is 2.65. The number of ether oxygens (including phenoxy) is 1. The van der Waals surface area contributed by atoms with Crippen molar-refractivity contribution in [3.8, 4) is 0 Å². The zero-order valence-corrected chi connectivity index (χ0v) is 16.7. The van der Waals surface area contributed by atoms with Gasteiger partial charge in [0, 0.05) is 36.7 Å². The van der Waals surface area contributed by atoms with Crippen molar-refractivity contribution in [1.29, 1.82) is 0 Å². The minimum absolute atomic E-state index is 0.0283. The van der Waals surface area contributed by atoms with Gasteiger partial charge in [-0.25, -0.2) is 0 Å². The van der Waals surface area contributed by atoms with E-state index in [0.717, 1.165) is 0 Å². The predicted molar refractivity (Wildman–Crippen MR) is 108 cm³/mol. The molecule has 0 unspecified atom stereocenters. The highest BCUT2D eigenvalue weighted by molar-refractivity contribution is 5.83. The molecule has 1 aliphatic carbocycles. The average Bonchev–Trinajstić information content (AvgIpc) is 3.05. The fourth-order valence-corrected chi connectivity index (χ4v) is 3.86. The second-order valence-corrected chi connectivity index (χ2v) is 7.45. The van der Waals surface area contributed by atoms with E-state index in [1.54, 1.807) is 30.7 Å². The van der Waals surface area contributed by atoms with Gasteiger partial charge in [0.1, 0.15) is 6.54 Å². The van der Waals surface area contributed by atoms with Crippen molar-refractivity contribution in [3.63, 3.8) is 0 Å². The number of para-hydroxylation sites is 1. The van der Waals surface area contributed by atoms with Gasteiger partial charge in [0.25, 0.3) is 0 Å². The fourth-order valence-electron chi connectivity index (χ4n) is 3.86. The molecule has 1 aromatic heterocycles. The summed E-state index contributed by atoms with van der Waals surface area (Å²) in [6, 6.07) is 8.19. The van der Waals surface area contributed by atoms with Gasteiger partial charge in [-0.05, 0) is 31.9 Å². The smallest absolute Gasteiger partial charge is 0.240 e. The molecule has 0 bridgehead atoms. The number of carbonyl (C=O) groups is 2. The molecule has 1 saturated carbocycles. The molecule has 3 N–H and O–H groups in total. The Morgan fingerprint density at radius 3 is 2.79 bits per heavy atom. The normalized spacial score (nSPS) is 21.3. The number of aliphatic hydroxyl groups excluding tert-OH is 1. The molecule has 8 heteroatoms. The Bertz CT molecular complexity index is 955. The highest BCUT2D eigenvalue weighted by Gasteiger charge is 2.37. The fraction of sp³-hybridized carbons (Fsp3) is 0.476. The number of hydrogen-bond donors (Lipinski definition) is 3. The summed E-state index contributed by atoms with van der Waals surface area (Å²) in [7, 11) is 1.56. The van der Waals surface area contributed by atoms with E-state index in [1.807, 2.05) is 12.1 Å². The van der Waals surface area contributed by atoms with Gasteiger partial charge in [-0.2, -0.15) is 0 Å². The molecule has 2 aromatic rings. The van der Waals surface area contributed by atoms with Crippen molar-refractivity contribution < 1.29 is 19.4 Å². The molecule has 156 valence electrons. The first-order valence-electron chi connectivity index (χ1n) is 9.74. The van der Waals surface area contributed by atoms with Gasteiger partial charge in [0.2, 0.25) is 11.8 Å². The molecule has 1 aromatic carbocycles. The standard InChI is InChI=1S/C21H27N3O5/c1-13-9-18(25)15-5-3-4-6-17(15)24(13)12-20(27)23-16-10-14(11-19(16)26)21(28)22-7-8-29-2/h3-6,9,14,16,19,26H,7-8,10-12H2,1-2H3,(H,22,28)(H,23,27)/t14-,16+,19+/m0/s1. The molecular weight excluding hydrogens is 374 g/mol. The molecule has 3 atom stereocenters. The van der Waals surface area contributed by atoms with Crippen LogP contribution in [0.15, 0.2) is 35.1 Å². The quantitative estimate of drug-likeness (QED) is 0.579. The van der Waals surface area contributed by atoms with E-state index in [1.165, 1.54) is 6.07 Å². The second kappa shape index (κ2) is 9.19. The zero-order valence-electron chi connectivity index (χ0n) is 16.7. The maximum absolute atomic E-state index is 12.6. The molecule has 1 heterocycles. The lowest BCUT2D eigenvalue weighted by Crippen LogP contribution is -2.42. The Hall–Kier alpha value is -2.71. The Kier molecular flexibility index (Phi) is 6.66. The van der Waals surface area contributed by atoms with Gasteiger partial charge < -0.3 is 25.0 Å². The number of nitrogens with one attached hydrogen (secondary N) is 2. The van der Waals surface area contributed by atoms with Gasteiger partial charge in [-0.3, -0.25) is 14.4 Å². The van der Waals surface area contributed by atoms with Gasteiger partial charge in [0.15, 0.2) is 5.43 Å². The van der Waals surface area contributed by atoms with E-state index in [-0.39, 0.29) is 29.7 Å². The molecule has 29 heavy (non-hydrogen) atoms. The number of aryl methyl sites for hydroxylation is 1. The first kappa shape index (κ1) is 21.0. The summed E-state index contributed by atoms with van der Waals surface area (Å²) in [5.74, 6) is -0.756. The van der Waals surface area contributed by atoms with Gasteiger partial charge in [-0.1, -0.05) is 12.1 Å². The lowest BCUT2D eigenvalue weighted by molar-refractivity contribution is -0.125. The molecule has 0 aliphatic heterocycles. The lowest BCUT2D eigenvalue weighted by atomic mass is 10.1. The van der Waals surface area contributed by atoms with Gasteiger partial charge in [-0.15, -0.1) is 0 Å². The number of amides is 2. The number of nitrogens with zero attached hydrogens (tertiary/aromatic N) is 1. The van der Waals surface area contributed by atoms with Gasteiger partial charge >= 0.3 is 0 Å². The molecule has 8 nitrogen and oxygen atoms in total. The van der Waals surface area contributed by atoms with Crippen molar-refractivity contribution in [2.45, 2.75) is 38.5 Å². The minimum atomic E-state index is -0.774. The third-order valence-electron chi connectivity index (χ3n) is 5.38. The number of benzene rings is 1. The van der Waals surface area contributed by atoms with Crippen molar-refractivity contribution in [2.24, 2.45) is 5.92 Å². The van der Waals surface area contributed by atoms with E-state index in [0.29, 0.717) is 42.6 Å². The molecule has 0 radical (unpaired) electrons. The molecule has 0 saturated heterocycles. The van der Waals surface area contributed by atoms with Crippen LogP contribution in [0, 0.1) is 12.8 Å². The number of rotatable bonds is 7. The van der Waals surface area contributed by atoms with Crippen LogP contribution in [0.2, 0.25) is 0 Å². The van der Waals surface area contributed by atoms with Crippen LogP contribution in [0.4, 0.5) is 0 Å². The van der Waals surface area contributed by atoms with E-state index in [4.69, 9.17) is 4.74 Å². The van der Waals surface area contributed by atoms with E-state index in [9.17, 15) is 19.5 Å². The van der Waals surface area contributed by atoms with Crippen LogP contribution < -0.4 is 16.1 Å². The van der Waals surface area contributed by atoms with Crippen LogP contribution in [0.5, 0.6) is 0 Å². The van der Waals surface area contributed by atoms with Crippen LogP contribution in [0.25, 0.3) is 10.9 Å². The molecule has 1 aliphatic rings. The average molecular weight is 401 g/mol. The van der Waals surface area contributed by atoms with E-state index < -0.39 is 12.1 Å². The first-order valence-corrected chi connectivity index (χ1v) is 9.74. The van der Waals surface area contributed by atoms with Crippen molar-refractivity contribution >= 4 is 22.7 Å². The predicted octanol–water partition coefficient (Wildman–Crippen LogP) is 0.328. The Morgan fingerprint density at radius 2 is 2.03 bits per heavy atom. The number of aliphatic hydroxyl groups is 1. The molecular formula is C21H27N3O5. The van der Waals surface area contributed by atoms with Crippen molar-refractivity contribution in [3.05, 3.63) is 46.2 Å². The summed E-state index contributed by atoms with van der Waals surface area (Å²) in [5.41, 5.74) is 1.30. The van der Waals surface area contributed by atoms with Crippen molar-refractivity contribution in [2.75, 3.05) is 20.3 Å². The third-order valence-corrected chi connectivity index (χ3v) is 5.38. The molecule has 0 spiro atoms. The maximum atomic E-state index is 12.6. The number of aromatic nitrogens is 1. The lowest BCUT2D eigenvalue weighted by Gasteiger charge is -2.19. The van der Waals surface area contributed by atoms with E-state index >= 15 is 0 Å². The number of fused-ring (bicyclic) bond motifs is 1. The number of carbonyl (C=O) groups excluding carboxylic acids is 2. The monoisotopic (exact) mass is 401 g/mol. The number of hydrogen-bond acceptors (Lipinski definition) is 5. The summed E-state index contributed by atoms with van der Waals surface area (Å²) >= 11 is 0. The summed E-state index contributed by atoms with van der Waals surface area (Å²) < 4.78 is 6.69. The highest BCUT2D eigenvalue weighted by atomic mass is 16.5.